The number of aryl methyl sites for hydroxylation is 1. The second-order valence-electron chi connectivity index (χ2n) is 9.75. The molecule has 0 saturated carbocycles. The Labute approximate surface area is 238 Å². The van der Waals surface area contributed by atoms with Gasteiger partial charge in [0.2, 0.25) is 21.8 Å². The number of carbonyl (C=O) groups excluding carboxylic acids is 2. The van der Waals surface area contributed by atoms with Gasteiger partial charge in [-0.05, 0) is 43.5 Å². The van der Waals surface area contributed by atoms with Crippen LogP contribution in [0.5, 0.6) is 5.75 Å². The Morgan fingerprint density at radius 3 is 2.27 bits per heavy atom. The largest absolute Gasteiger partial charge is 0.497 e. The lowest BCUT2D eigenvalue weighted by Crippen LogP contribution is -2.50. The van der Waals surface area contributed by atoms with E-state index in [0.717, 1.165) is 22.9 Å². The van der Waals surface area contributed by atoms with E-state index in [1.54, 1.807) is 29.2 Å². The number of nitrogens with zero attached hydrogens (tertiary/aromatic N) is 2. The maximum Gasteiger partial charge on any atom is 0.243 e. The lowest BCUT2D eigenvalue weighted by molar-refractivity contribution is -0.141. The molecule has 0 fully saturated rings. The van der Waals surface area contributed by atoms with Crippen LogP contribution >= 0.6 is 0 Å². The SMILES string of the molecule is CCNC(=O)[C@@H](Cc1ccccc1)N(Cc1ccc(C)cc1)C(=O)CCCN(c1cccc(OC)c1)S(C)(=O)=O. The number of hydrogen-bond acceptors (Lipinski definition) is 5. The van der Waals surface area contributed by atoms with E-state index in [0.29, 0.717) is 24.4 Å². The number of ether oxygens (including phenoxy) is 1. The number of sulfonamides is 1. The summed E-state index contributed by atoms with van der Waals surface area (Å²) in [6.07, 6.45) is 1.86. The molecule has 9 heteroatoms. The van der Waals surface area contributed by atoms with E-state index in [9.17, 15) is 18.0 Å². The summed E-state index contributed by atoms with van der Waals surface area (Å²) in [6.45, 7) is 4.66. The summed E-state index contributed by atoms with van der Waals surface area (Å²) in [5.74, 6) is 0.102. The van der Waals surface area contributed by atoms with Crippen LogP contribution in [-0.2, 0) is 32.6 Å². The molecule has 0 bridgehead atoms. The number of nitrogens with one attached hydrogen (secondary N) is 1. The zero-order valence-electron chi connectivity index (χ0n) is 23.7. The van der Waals surface area contributed by atoms with Crippen molar-refractivity contribution in [2.45, 2.75) is 45.7 Å². The van der Waals surface area contributed by atoms with Crippen molar-refractivity contribution in [2.75, 3.05) is 30.8 Å². The first-order valence-electron chi connectivity index (χ1n) is 13.4. The van der Waals surface area contributed by atoms with Crippen molar-refractivity contribution < 1.29 is 22.7 Å². The van der Waals surface area contributed by atoms with E-state index >= 15 is 0 Å². The molecular weight excluding hydrogens is 526 g/mol. The second kappa shape index (κ2) is 14.5. The minimum Gasteiger partial charge on any atom is -0.497 e. The Bertz CT molecular complexity index is 1360. The van der Waals surface area contributed by atoms with Gasteiger partial charge in [-0.1, -0.05) is 66.2 Å². The molecule has 214 valence electrons. The van der Waals surface area contributed by atoms with Gasteiger partial charge in [0.25, 0.3) is 0 Å². The monoisotopic (exact) mass is 565 g/mol. The fourth-order valence-corrected chi connectivity index (χ4v) is 5.46. The predicted molar refractivity (Wildman–Crippen MR) is 159 cm³/mol. The first-order chi connectivity index (χ1) is 19.1. The minimum absolute atomic E-state index is 0.0759. The molecule has 0 heterocycles. The van der Waals surface area contributed by atoms with Crippen molar-refractivity contribution in [1.29, 1.82) is 0 Å². The molecule has 1 atom stereocenters. The highest BCUT2D eigenvalue weighted by Crippen LogP contribution is 2.24. The van der Waals surface area contributed by atoms with Crippen LogP contribution in [0.25, 0.3) is 0 Å². The van der Waals surface area contributed by atoms with Gasteiger partial charge < -0.3 is 15.0 Å². The van der Waals surface area contributed by atoms with Gasteiger partial charge in [0, 0.05) is 38.5 Å². The maximum absolute atomic E-state index is 13.8. The Balaban J connectivity index is 1.85. The first-order valence-corrected chi connectivity index (χ1v) is 15.3. The van der Waals surface area contributed by atoms with Crippen LogP contribution in [0.1, 0.15) is 36.5 Å². The number of amides is 2. The average molecular weight is 566 g/mol. The zero-order chi connectivity index (χ0) is 29.1. The molecule has 0 aromatic heterocycles. The summed E-state index contributed by atoms with van der Waals surface area (Å²) < 4.78 is 31.8. The molecule has 40 heavy (non-hydrogen) atoms. The van der Waals surface area contributed by atoms with Crippen molar-refractivity contribution in [3.05, 3.63) is 95.6 Å². The van der Waals surface area contributed by atoms with Gasteiger partial charge in [-0.3, -0.25) is 13.9 Å². The summed E-state index contributed by atoms with van der Waals surface area (Å²) in [5, 5.41) is 2.89. The van der Waals surface area contributed by atoms with Gasteiger partial charge in [0.1, 0.15) is 11.8 Å². The molecule has 0 saturated heterocycles. The topological polar surface area (TPSA) is 96.0 Å². The Kier molecular flexibility index (Phi) is 11.1. The molecule has 3 aromatic rings. The Morgan fingerprint density at radius 2 is 1.65 bits per heavy atom. The van der Waals surface area contributed by atoms with Crippen LogP contribution in [0.4, 0.5) is 5.69 Å². The Hall–Kier alpha value is -3.85. The molecule has 1 N–H and O–H groups in total. The van der Waals surface area contributed by atoms with E-state index in [4.69, 9.17) is 4.74 Å². The van der Waals surface area contributed by atoms with E-state index in [1.807, 2.05) is 68.4 Å². The van der Waals surface area contributed by atoms with E-state index in [-0.39, 0.29) is 37.7 Å². The first kappa shape index (κ1) is 30.7. The highest BCUT2D eigenvalue weighted by atomic mass is 32.2. The van der Waals surface area contributed by atoms with Crippen LogP contribution in [0.15, 0.2) is 78.9 Å². The lowest BCUT2D eigenvalue weighted by Gasteiger charge is -2.32. The van der Waals surface area contributed by atoms with Gasteiger partial charge >= 0.3 is 0 Å². The highest BCUT2D eigenvalue weighted by molar-refractivity contribution is 7.92. The van der Waals surface area contributed by atoms with Crippen molar-refractivity contribution in [3.63, 3.8) is 0 Å². The summed E-state index contributed by atoms with van der Waals surface area (Å²) >= 11 is 0. The van der Waals surface area contributed by atoms with Gasteiger partial charge in [0.05, 0.1) is 19.1 Å². The molecular formula is C31H39N3O5S. The molecule has 0 radical (unpaired) electrons. The van der Waals surface area contributed by atoms with Crippen LogP contribution in [0, 0.1) is 6.92 Å². The molecule has 0 aliphatic carbocycles. The third-order valence-corrected chi connectivity index (χ3v) is 7.78. The van der Waals surface area contributed by atoms with Crippen LogP contribution in [0.3, 0.4) is 0 Å². The molecule has 3 rings (SSSR count). The standard InChI is InChI=1S/C31H39N3O5S/c1-5-32-31(36)29(21-25-11-7-6-8-12-25)33(23-26-18-16-24(2)17-19-26)30(35)15-10-20-34(40(4,37)38)27-13-9-14-28(22-27)39-3/h6-9,11-14,16-19,22,29H,5,10,15,20-21,23H2,1-4H3,(H,32,36)/t29-/m1/s1. The van der Waals surface area contributed by atoms with Crippen molar-refractivity contribution >= 4 is 27.5 Å². The number of rotatable bonds is 14. The Morgan fingerprint density at radius 1 is 0.950 bits per heavy atom. The summed E-state index contributed by atoms with van der Waals surface area (Å²) in [4.78, 5) is 28.7. The number of methoxy groups -OCH3 is 1. The van der Waals surface area contributed by atoms with Crippen molar-refractivity contribution in [3.8, 4) is 5.75 Å². The van der Waals surface area contributed by atoms with Gasteiger partial charge in [-0.25, -0.2) is 8.42 Å². The molecule has 8 nitrogen and oxygen atoms in total. The van der Waals surface area contributed by atoms with Crippen molar-refractivity contribution in [1.82, 2.24) is 10.2 Å². The number of anilines is 1. The fraction of sp³-hybridized carbons (Fsp3) is 0.355. The number of likely N-dealkylation sites (N-methyl/N-ethyl adjacent to an activating group) is 1. The zero-order valence-corrected chi connectivity index (χ0v) is 24.5. The molecule has 3 aromatic carbocycles. The van der Waals surface area contributed by atoms with Crippen LogP contribution in [-0.4, -0.2) is 57.6 Å². The average Bonchev–Trinajstić information content (AvgIpc) is 2.94. The molecule has 0 aliphatic heterocycles. The molecule has 0 spiro atoms. The third kappa shape index (κ3) is 8.84. The smallest absolute Gasteiger partial charge is 0.243 e. The van der Waals surface area contributed by atoms with Crippen molar-refractivity contribution in [2.24, 2.45) is 0 Å². The quantitative estimate of drug-likeness (QED) is 0.314. The normalized spacial score (nSPS) is 11.9. The second-order valence-corrected chi connectivity index (χ2v) is 11.7. The summed E-state index contributed by atoms with van der Waals surface area (Å²) in [7, 11) is -2.08. The van der Waals surface area contributed by atoms with E-state index < -0.39 is 16.1 Å². The number of carbonyl (C=O) groups is 2. The maximum atomic E-state index is 13.8. The minimum atomic E-state index is -3.60. The summed E-state index contributed by atoms with van der Waals surface area (Å²) in [5.41, 5.74) is 3.43. The lowest BCUT2D eigenvalue weighted by atomic mass is 10.0. The van der Waals surface area contributed by atoms with Gasteiger partial charge in [-0.2, -0.15) is 0 Å². The molecule has 2 amide bonds. The number of hydrogen-bond donors (Lipinski definition) is 1. The fourth-order valence-electron chi connectivity index (χ4n) is 4.51. The van der Waals surface area contributed by atoms with Crippen LogP contribution < -0.4 is 14.4 Å². The molecule has 0 unspecified atom stereocenters. The highest BCUT2D eigenvalue weighted by Gasteiger charge is 2.30. The summed E-state index contributed by atoms with van der Waals surface area (Å²) in [6, 6.07) is 23.6. The van der Waals surface area contributed by atoms with E-state index in [2.05, 4.69) is 5.32 Å². The van der Waals surface area contributed by atoms with Gasteiger partial charge in [0.15, 0.2) is 0 Å². The van der Waals surface area contributed by atoms with Crippen LogP contribution in [0.2, 0.25) is 0 Å². The third-order valence-electron chi connectivity index (χ3n) is 6.59. The van der Waals surface area contributed by atoms with E-state index in [1.165, 1.54) is 11.4 Å². The molecule has 0 aliphatic rings. The number of benzene rings is 3. The van der Waals surface area contributed by atoms with Gasteiger partial charge in [-0.15, -0.1) is 0 Å². The predicted octanol–water partition coefficient (Wildman–Crippen LogP) is 4.33.